The van der Waals surface area contributed by atoms with Crippen LogP contribution >= 0.6 is 7.82 Å². The second-order valence-corrected chi connectivity index (χ2v) is 26.3. The van der Waals surface area contributed by atoms with Crippen molar-refractivity contribution >= 4 is 19.8 Å². The average Bonchev–Trinajstić information content (AvgIpc) is 3.57. The molecule has 1 N–H and O–H groups in total. The molecule has 0 aromatic heterocycles. The molecule has 0 fully saturated rings. The van der Waals surface area contributed by atoms with E-state index >= 15 is 0 Å². The van der Waals surface area contributed by atoms with Crippen LogP contribution in [0.25, 0.3) is 0 Å². The van der Waals surface area contributed by atoms with E-state index < -0.39 is 26.5 Å². The summed E-state index contributed by atoms with van der Waals surface area (Å²) >= 11 is 0. The number of unbranched alkanes of at least 4 members (excludes halogenated alkanes) is 29. The van der Waals surface area contributed by atoms with E-state index in [0.29, 0.717) is 17.4 Å². The third-order valence-electron chi connectivity index (χ3n) is 15.2. The van der Waals surface area contributed by atoms with Crippen molar-refractivity contribution in [3.05, 3.63) is 134 Å². The van der Waals surface area contributed by atoms with Gasteiger partial charge in [-0.3, -0.25) is 18.6 Å². The van der Waals surface area contributed by atoms with Crippen molar-refractivity contribution in [2.24, 2.45) is 0 Å². The van der Waals surface area contributed by atoms with E-state index in [1.807, 2.05) is 21.1 Å². The summed E-state index contributed by atoms with van der Waals surface area (Å²) < 4.78 is 34.8. The van der Waals surface area contributed by atoms with Crippen LogP contribution in [0.5, 0.6) is 0 Å². The lowest BCUT2D eigenvalue weighted by molar-refractivity contribution is -0.870. The summed E-state index contributed by atoms with van der Waals surface area (Å²) in [5, 5.41) is 0. The topological polar surface area (TPSA) is 108 Å². The molecule has 0 aromatic carbocycles. The fourth-order valence-corrected chi connectivity index (χ4v) is 10.5. The molecule has 0 heterocycles. The summed E-state index contributed by atoms with van der Waals surface area (Å²) in [7, 11) is 1.47. The zero-order valence-electron chi connectivity index (χ0n) is 57.4. The van der Waals surface area contributed by atoms with E-state index in [1.54, 1.807) is 0 Å². The summed E-state index contributed by atoms with van der Waals surface area (Å²) in [6, 6.07) is 0. The number of phosphoric acid groups is 1. The molecule has 2 unspecified atom stereocenters. The zero-order valence-corrected chi connectivity index (χ0v) is 58.3. The Morgan fingerprint density at radius 2 is 0.614 bits per heavy atom. The van der Waals surface area contributed by atoms with E-state index in [4.69, 9.17) is 18.5 Å². The third kappa shape index (κ3) is 71.2. The zero-order chi connectivity index (χ0) is 64.1. The van der Waals surface area contributed by atoms with Crippen LogP contribution in [0, 0.1) is 0 Å². The van der Waals surface area contributed by atoms with Crippen LogP contribution in [0.4, 0.5) is 0 Å². The number of esters is 2. The van der Waals surface area contributed by atoms with Gasteiger partial charge in [-0.2, -0.15) is 0 Å². The van der Waals surface area contributed by atoms with Crippen LogP contribution in [-0.2, 0) is 32.7 Å². The molecule has 0 aliphatic heterocycles. The monoisotopic (exact) mass is 1240 g/mol. The number of phosphoric ester groups is 1. The minimum Gasteiger partial charge on any atom is -0.462 e. The fraction of sp³-hybridized carbons (Fsp3) is 0.692. The fourth-order valence-electron chi connectivity index (χ4n) is 9.75. The van der Waals surface area contributed by atoms with E-state index in [-0.39, 0.29) is 32.0 Å². The summed E-state index contributed by atoms with van der Waals surface area (Å²) in [6.07, 6.45) is 98.4. The van der Waals surface area contributed by atoms with Gasteiger partial charge in [-0.1, -0.05) is 308 Å². The standard InChI is InChI=1S/C78H134NO8P/c1-6-8-10-12-14-16-18-20-22-24-26-28-30-32-34-36-37-38-39-40-41-43-45-47-49-51-53-55-57-59-61-63-65-67-69-71-78(81)87-76(75-86-88(82,83)85-73-72-79(3,4)5)74-84-77(80)70-68-66-64-62-60-58-56-54-52-50-48-46-44-42-35-33-31-29-27-25-23-21-19-17-15-13-11-9-7-2/h8-11,14-17,20-23,26-29,32-35,37-38,76H,6-7,12-13,18-19,24-25,30-31,36,39-75H2,1-5H3/p+1/b10-8-,11-9-,16-14-,17-15-,22-20-,23-21-,28-26-,29-27-,34-32-,35-33-,38-37-. The Hall–Kier alpha value is -3.85. The second kappa shape index (κ2) is 67.5. The maximum Gasteiger partial charge on any atom is 0.472 e. The normalized spacial score (nSPS) is 13.9. The molecule has 504 valence electrons. The molecular formula is C78H135NO8P+. The first-order chi connectivity index (χ1) is 43.0. The lowest BCUT2D eigenvalue weighted by Crippen LogP contribution is -2.37. The first-order valence-electron chi connectivity index (χ1n) is 35.9. The number of ether oxygens (including phenoxy) is 2. The van der Waals surface area contributed by atoms with E-state index in [1.165, 1.54) is 154 Å². The molecule has 0 spiro atoms. The quantitative estimate of drug-likeness (QED) is 0.0211. The van der Waals surface area contributed by atoms with Gasteiger partial charge in [0.25, 0.3) is 0 Å². The molecule has 0 amide bonds. The number of carbonyl (C=O) groups is 2. The Morgan fingerprint density at radius 1 is 0.352 bits per heavy atom. The predicted octanol–water partition coefficient (Wildman–Crippen LogP) is 23.6. The molecule has 88 heavy (non-hydrogen) atoms. The lowest BCUT2D eigenvalue weighted by Gasteiger charge is -2.24. The smallest absolute Gasteiger partial charge is 0.462 e. The highest BCUT2D eigenvalue weighted by molar-refractivity contribution is 7.47. The summed E-state index contributed by atoms with van der Waals surface area (Å²) in [5.41, 5.74) is 0. The minimum absolute atomic E-state index is 0.0273. The number of likely N-dealkylation sites (N-methyl/N-ethyl adjacent to an activating group) is 1. The minimum atomic E-state index is -4.40. The number of allylic oxidation sites excluding steroid dienone is 22. The molecule has 0 aliphatic rings. The SMILES string of the molecule is CC/C=C\C/C=C\C/C=C\C/C=C\C/C=C\C/C=C\CCCCCCCCCCCCCCCCCCC(=O)OC(COC(=O)CCCCCCCCCCCCCCC/C=C\C/C=C\C/C=C\C/C=C\C/C=C\CC)COP(=O)(O)OCC[N+](C)(C)C. The summed E-state index contributed by atoms with van der Waals surface area (Å²) in [5.74, 6) is -0.796. The van der Waals surface area contributed by atoms with Crippen molar-refractivity contribution < 1.29 is 42.1 Å². The van der Waals surface area contributed by atoms with Crippen molar-refractivity contribution in [1.29, 1.82) is 0 Å². The van der Waals surface area contributed by atoms with Crippen LogP contribution in [0.15, 0.2) is 134 Å². The van der Waals surface area contributed by atoms with Gasteiger partial charge in [0.05, 0.1) is 27.7 Å². The Bertz CT molecular complexity index is 1950. The second-order valence-electron chi connectivity index (χ2n) is 24.9. The van der Waals surface area contributed by atoms with Gasteiger partial charge in [0.2, 0.25) is 0 Å². The maximum atomic E-state index is 12.9. The van der Waals surface area contributed by atoms with Crippen LogP contribution in [0.2, 0.25) is 0 Å². The molecule has 10 heteroatoms. The van der Waals surface area contributed by atoms with Gasteiger partial charge >= 0.3 is 19.8 Å². The number of hydrogen-bond acceptors (Lipinski definition) is 7. The van der Waals surface area contributed by atoms with Gasteiger partial charge in [-0.15, -0.1) is 0 Å². The molecule has 0 bridgehead atoms. The highest BCUT2D eigenvalue weighted by Crippen LogP contribution is 2.43. The lowest BCUT2D eigenvalue weighted by atomic mass is 10.0. The highest BCUT2D eigenvalue weighted by atomic mass is 31.2. The molecule has 0 aromatic rings. The molecule has 0 aliphatic carbocycles. The number of nitrogens with zero attached hydrogens (tertiary/aromatic N) is 1. The Kier molecular flexibility index (Phi) is 64.6. The van der Waals surface area contributed by atoms with Crippen LogP contribution in [0.1, 0.15) is 296 Å². The van der Waals surface area contributed by atoms with Crippen molar-refractivity contribution in [2.45, 2.75) is 302 Å². The Labute approximate surface area is 542 Å². The van der Waals surface area contributed by atoms with E-state index in [0.717, 1.165) is 109 Å². The number of quaternary nitrogens is 1. The van der Waals surface area contributed by atoms with Crippen molar-refractivity contribution in [2.75, 3.05) is 47.5 Å². The van der Waals surface area contributed by atoms with Gasteiger partial charge < -0.3 is 18.9 Å². The Balaban J connectivity index is 4.04. The van der Waals surface area contributed by atoms with Crippen LogP contribution < -0.4 is 0 Å². The molecule has 0 rings (SSSR count). The molecule has 2 atom stereocenters. The first-order valence-corrected chi connectivity index (χ1v) is 37.4. The van der Waals surface area contributed by atoms with Gasteiger partial charge in [0.1, 0.15) is 19.8 Å². The van der Waals surface area contributed by atoms with Crippen molar-refractivity contribution in [1.82, 2.24) is 0 Å². The van der Waals surface area contributed by atoms with Gasteiger partial charge in [-0.25, -0.2) is 4.57 Å². The van der Waals surface area contributed by atoms with Gasteiger partial charge in [0.15, 0.2) is 6.10 Å². The number of rotatable bonds is 65. The summed E-state index contributed by atoms with van der Waals surface area (Å²) in [4.78, 5) is 35.9. The first kappa shape index (κ1) is 84.2. The van der Waals surface area contributed by atoms with Gasteiger partial charge in [-0.05, 0) is 109 Å². The van der Waals surface area contributed by atoms with Gasteiger partial charge in [0, 0.05) is 12.8 Å². The Morgan fingerprint density at radius 3 is 0.909 bits per heavy atom. The predicted molar refractivity (Wildman–Crippen MR) is 381 cm³/mol. The third-order valence-corrected chi connectivity index (χ3v) is 16.2. The highest BCUT2D eigenvalue weighted by Gasteiger charge is 2.27. The van der Waals surface area contributed by atoms with Crippen molar-refractivity contribution in [3.63, 3.8) is 0 Å². The molecule has 0 saturated carbocycles. The van der Waals surface area contributed by atoms with Crippen LogP contribution in [-0.4, -0.2) is 74.9 Å². The maximum absolute atomic E-state index is 12.9. The van der Waals surface area contributed by atoms with Crippen molar-refractivity contribution in [3.8, 4) is 0 Å². The molecule has 0 radical (unpaired) electrons. The van der Waals surface area contributed by atoms with E-state index in [2.05, 4.69) is 148 Å². The van der Waals surface area contributed by atoms with E-state index in [9.17, 15) is 19.0 Å². The number of carbonyl (C=O) groups excluding carboxylic acids is 2. The largest absolute Gasteiger partial charge is 0.472 e. The molecule has 0 saturated heterocycles. The summed E-state index contributed by atoms with van der Waals surface area (Å²) in [6.45, 7) is 4.22. The van der Waals surface area contributed by atoms with Crippen LogP contribution in [0.3, 0.4) is 0 Å². The average molecular weight is 1250 g/mol. The molecular weight excluding hydrogens is 1110 g/mol. The number of hydrogen-bond donors (Lipinski definition) is 1. The molecule has 9 nitrogen and oxygen atoms in total.